The van der Waals surface area contributed by atoms with Gasteiger partial charge in [-0.3, -0.25) is 0 Å². The molecule has 0 bridgehead atoms. The third-order valence-electron chi connectivity index (χ3n) is 1.58. The highest BCUT2D eigenvalue weighted by Crippen LogP contribution is 2.39. The van der Waals surface area contributed by atoms with Crippen LogP contribution >= 0.6 is 0 Å². The molecule has 0 aliphatic rings. The lowest BCUT2D eigenvalue weighted by atomic mass is 10.3. The fourth-order valence-corrected chi connectivity index (χ4v) is 0.634. The third kappa shape index (κ3) is 4.67. The van der Waals surface area contributed by atoms with E-state index in [0.29, 0.717) is 0 Å². The summed E-state index contributed by atoms with van der Waals surface area (Å²) >= 11 is 0. The molecule has 0 rings (SSSR count). The molecule has 0 aliphatic heterocycles. The summed E-state index contributed by atoms with van der Waals surface area (Å²) in [5, 5.41) is 0. The van der Waals surface area contributed by atoms with Gasteiger partial charge < -0.3 is 9.47 Å². The van der Waals surface area contributed by atoms with Crippen LogP contribution in [0.4, 0.5) is 43.9 Å². The number of halogens is 10. The molecule has 19 heavy (non-hydrogen) atoms. The van der Waals surface area contributed by atoms with Crippen molar-refractivity contribution in [1.29, 1.82) is 0 Å². The summed E-state index contributed by atoms with van der Waals surface area (Å²) in [7, 11) is 0. The van der Waals surface area contributed by atoms with Crippen molar-refractivity contribution in [3.8, 4) is 0 Å². The summed E-state index contributed by atoms with van der Waals surface area (Å²) in [6.45, 7) is -3.36. The third-order valence-corrected chi connectivity index (χ3v) is 1.58. The molecular formula is C7H6F10O2. The minimum atomic E-state index is -5.86. The molecule has 2 nitrogen and oxygen atoms in total. The quantitative estimate of drug-likeness (QED) is 0.505. The van der Waals surface area contributed by atoms with E-state index in [1.54, 1.807) is 0 Å². The maximum atomic E-state index is 12.4. The number of hydrogen-bond acceptors (Lipinski definition) is 2. The van der Waals surface area contributed by atoms with Gasteiger partial charge in [0.2, 0.25) is 0 Å². The summed E-state index contributed by atoms with van der Waals surface area (Å²) in [5.41, 5.74) is 0. The zero-order valence-corrected chi connectivity index (χ0v) is 8.67. The topological polar surface area (TPSA) is 18.5 Å². The molecule has 0 saturated carbocycles. The van der Waals surface area contributed by atoms with E-state index in [-0.39, 0.29) is 0 Å². The van der Waals surface area contributed by atoms with Gasteiger partial charge in [0, 0.05) is 0 Å². The van der Waals surface area contributed by atoms with Crippen molar-refractivity contribution in [2.24, 2.45) is 0 Å². The van der Waals surface area contributed by atoms with Crippen molar-refractivity contribution in [3.05, 3.63) is 0 Å². The maximum absolute atomic E-state index is 12.4. The second-order valence-corrected chi connectivity index (χ2v) is 3.00. The highest BCUT2D eigenvalue weighted by Gasteiger charge is 2.64. The second kappa shape index (κ2) is 6.11. The Kier molecular flexibility index (Phi) is 5.86. The van der Waals surface area contributed by atoms with E-state index in [2.05, 4.69) is 9.47 Å². The van der Waals surface area contributed by atoms with Crippen LogP contribution in [0.25, 0.3) is 0 Å². The Morgan fingerprint density at radius 1 is 0.684 bits per heavy atom. The standard InChI is InChI=1S/C7H6F10O2/c8-3(9)5(12,13)7(16,17)19-2-1-18-6(14,15)4(10)11/h3-4H,1-2H2. The second-order valence-electron chi connectivity index (χ2n) is 3.00. The van der Waals surface area contributed by atoms with E-state index in [1.165, 1.54) is 0 Å². The Morgan fingerprint density at radius 3 is 1.47 bits per heavy atom. The average molecular weight is 312 g/mol. The smallest absolute Gasteiger partial charge is 0.314 e. The Hall–Kier alpha value is -0.780. The zero-order chi connectivity index (χ0) is 15.5. The number of alkyl halides is 10. The van der Waals surface area contributed by atoms with Crippen LogP contribution < -0.4 is 0 Å². The molecule has 0 fully saturated rings. The van der Waals surface area contributed by atoms with Gasteiger partial charge in [-0.1, -0.05) is 0 Å². The van der Waals surface area contributed by atoms with Crippen LogP contribution in [0.5, 0.6) is 0 Å². The van der Waals surface area contributed by atoms with Crippen LogP contribution in [0.3, 0.4) is 0 Å². The predicted octanol–water partition coefficient (Wildman–Crippen LogP) is 3.37. The lowest BCUT2D eigenvalue weighted by Crippen LogP contribution is -2.48. The first-order valence-corrected chi connectivity index (χ1v) is 4.32. The minimum Gasteiger partial charge on any atom is -0.314 e. The Labute approximate surface area is 98.8 Å². The van der Waals surface area contributed by atoms with E-state index < -0.39 is 44.2 Å². The fraction of sp³-hybridized carbons (Fsp3) is 1.00. The van der Waals surface area contributed by atoms with Gasteiger partial charge in [-0.25, -0.2) is 17.6 Å². The van der Waals surface area contributed by atoms with Gasteiger partial charge in [-0.05, 0) is 0 Å². The molecule has 0 unspecified atom stereocenters. The van der Waals surface area contributed by atoms with Crippen LogP contribution in [0.2, 0.25) is 0 Å². The molecule has 116 valence electrons. The fourth-order valence-electron chi connectivity index (χ4n) is 0.634. The lowest BCUT2D eigenvalue weighted by Gasteiger charge is -2.25. The van der Waals surface area contributed by atoms with Gasteiger partial charge in [0.25, 0.3) is 0 Å². The molecule has 0 aromatic heterocycles. The number of ether oxygens (including phenoxy) is 2. The summed E-state index contributed by atoms with van der Waals surface area (Å²) in [4.78, 5) is 0. The van der Waals surface area contributed by atoms with Crippen LogP contribution in [-0.4, -0.2) is 44.2 Å². The molecule has 0 aliphatic carbocycles. The summed E-state index contributed by atoms with van der Waals surface area (Å²) < 4.78 is 125. The largest absolute Gasteiger partial charge is 0.425 e. The molecule has 0 aromatic carbocycles. The van der Waals surface area contributed by atoms with Crippen LogP contribution in [0.1, 0.15) is 0 Å². The maximum Gasteiger partial charge on any atom is 0.425 e. The Balaban J connectivity index is 4.28. The van der Waals surface area contributed by atoms with Crippen LogP contribution in [0.15, 0.2) is 0 Å². The van der Waals surface area contributed by atoms with Gasteiger partial charge in [-0.15, -0.1) is 0 Å². The molecule has 0 saturated heterocycles. The normalized spacial score (nSPS) is 14.5. The van der Waals surface area contributed by atoms with Gasteiger partial charge in [0.1, 0.15) is 0 Å². The molecule has 0 spiro atoms. The van der Waals surface area contributed by atoms with Crippen molar-refractivity contribution in [3.63, 3.8) is 0 Å². The molecule has 0 atom stereocenters. The first-order valence-electron chi connectivity index (χ1n) is 4.32. The first kappa shape index (κ1) is 18.2. The SMILES string of the molecule is FC(F)C(F)(F)OCCOC(F)(F)C(F)(F)C(F)F. The van der Waals surface area contributed by atoms with E-state index in [1.807, 2.05) is 0 Å². The number of rotatable bonds is 8. The van der Waals surface area contributed by atoms with Crippen molar-refractivity contribution in [1.82, 2.24) is 0 Å². The van der Waals surface area contributed by atoms with Crippen molar-refractivity contribution in [2.45, 2.75) is 31.0 Å². The molecule has 0 aromatic rings. The molecule has 12 heteroatoms. The molecule has 0 amide bonds. The predicted molar refractivity (Wildman–Crippen MR) is 38.8 cm³/mol. The summed E-state index contributed by atoms with van der Waals surface area (Å²) in [6.07, 6.45) is -19.7. The van der Waals surface area contributed by atoms with E-state index in [4.69, 9.17) is 0 Å². The van der Waals surface area contributed by atoms with Crippen LogP contribution in [0, 0.1) is 0 Å². The van der Waals surface area contributed by atoms with Gasteiger partial charge in [0.15, 0.2) is 0 Å². The van der Waals surface area contributed by atoms with Gasteiger partial charge in [-0.2, -0.15) is 26.3 Å². The summed E-state index contributed by atoms with van der Waals surface area (Å²) in [5.74, 6) is -5.86. The van der Waals surface area contributed by atoms with E-state index >= 15 is 0 Å². The average Bonchev–Trinajstić information content (AvgIpc) is 2.23. The monoisotopic (exact) mass is 312 g/mol. The number of hydrogen-bond donors (Lipinski definition) is 0. The van der Waals surface area contributed by atoms with Crippen molar-refractivity contribution >= 4 is 0 Å². The highest BCUT2D eigenvalue weighted by atomic mass is 19.3. The minimum absolute atomic E-state index is 1.63. The van der Waals surface area contributed by atoms with Gasteiger partial charge in [0.05, 0.1) is 13.2 Å². The molecular weight excluding hydrogens is 306 g/mol. The molecule has 0 heterocycles. The highest BCUT2D eigenvalue weighted by molar-refractivity contribution is 4.79. The lowest BCUT2D eigenvalue weighted by molar-refractivity contribution is -0.380. The van der Waals surface area contributed by atoms with E-state index in [0.717, 1.165) is 0 Å². The van der Waals surface area contributed by atoms with Crippen molar-refractivity contribution < 1.29 is 53.4 Å². The summed E-state index contributed by atoms with van der Waals surface area (Å²) in [6, 6.07) is 0. The van der Waals surface area contributed by atoms with Crippen LogP contribution in [-0.2, 0) is 9.47 Å². The Morgan fingerprint density at radius 2 is 1.11 bits per heavy atom. The van der Waals surface area contributed by atoms with Crippen molar-refractivity contribution in [2.75, 3.05) is 13.2 Å². The first-order chi connectivity index (χ1) is 8.34. The zero-order valence-electron chi connectivity index (χ0n) is 8.67. The van der Waals surface area contributed by atoms with E-state index in [9.17, 15) is 43.9 Å². The molecule has 0 radical (unpaired) electrons. The Bertz CT molecular complexity index is 279. The molecule has 0 N–H and O–H groups in total. The van der Waals surface area contributed by atoms with Gasteiger partial charge >= 0.3 is 31.0 Å².